The van der Waals surface area contributed by atoms with Crippen molar-refractivity contribution in [2.45, 2.75) is 12.5 Å². The summed E-state index contributed by atoms with van der Waals surface area (Å²) in [5.41, 5.74) is 7.78. The molecule has 1 saturated heterocycles. The Morgan fingerprint density at radius 2 is 1.65 bits per heavy atom. The van der Waals surface area contributed by atoms with Crippen LogP contribution in [0.1, 0.15) is 18.0 Å². The number of carbonyl (C=O) groups excluding carboxylic acids is 1. The van der Waals surface area contributed by atoms with Gasteiger partial charge in [-0.1, -0.05) is 42.5 Å². The molecule has 2 aromatic rings. The highest BCUT2D eigenvalue weighted by Crippen LogP contribution is 2.28. The lowest BCUT2D eigenvalue weighted by atomic mass is 10.0. The van der Waals surface area contributed by atoms with Crippen LogP contribution in [0.25, 0.3) is 0 Å². The number of anilines is 1. The molecule has 7 heteroatoms. The fourth-order valence-corrected chi connectivity index (χ4v) is 3.22. The largest absolute Gasteiger partial charge is 0.362 e. The molecule has 0 aromatic heterocycles. The molecule has 2 N–H and O–H groups in total. The van der Waals surface area contributed by atoms with Gasteiger partial charge in [-0.05, 0) is 11.6 Å². The molecule has 1 amide bonds. The highest BCUT2D eigenvalue weighted by atomic mass is 16.6. The quantitative estimate of drug-likeness (QED) is 0.657. The predicted octanol–water partition coefficient (Wildman–Crippen LogP) is 2.33. The van der Waals surface area contributed by atoms with Crippen molar-refractivity contribution in [1.29, 1.82) is 0 Å². The molecule has 0 radical (unpaired) electrons. The van der Waals surface area contributed by atoms with Gasteiger partial charge in [0.2, 0.25) is 5.91 Å². The van der Waals surface area contributed by atoms with Crippen LogP contribution in [0.5, 0.6) is 0 Å². The van der Waals surface area contributed by atoms with E-state index in [1.165, 1.54) is 6.07 Å². The van der Waals surface area contributed by atoms with Gasteiger partial charge in [-0.25, -0.2) is 0 Å². The number of nitrogens with zero attached hydrogens (tertiary/aromatic N) is 3. The number of nitrogens with two attached hydrogens (primary N) is 1. The minimum Gasteiger partial charge on any atom is -0.362 e. The van der Waals surface area contributed by atoms with Crippen molar-refractivity contribution in [2.75, 3.05) is 31.1 Å². The lowest BCUT2D eigenvalue weighted by Crippen LogP contribution is -2.49. The van der Waals surface area contributed by atoms with E-state index in [9.17, 15) is 14.9 Å². The number of carbonyl (C=O) groups is 1. The molecule has 136 valence electrons. The van der Waals surface area contributed by atoms with E-state index >= 15 is 0 Å². The number of rotatable bonds is 5. The summed E-state index contributed by atoms with van der Waals surface area (Å²) in [6, 6.07) is 16.0. The third kappa shape index (κ3) is 4.00. The average Bonchev–Trinajstić information content (AvgIpc) is 2.68. The smallest absolute Gasteiger partial charge is 0.292 e. The van der Waals surface area contributed by atoms with Crippen LogP contribution in [0.2, 0.25) is 0 Å². The van der Waals surface area contributed by atoms with Gasteiger partial charge in [0.15, 0.2) is 0 Å². The van der Waals surface area contributed by atoms with Crippen LogP contribution in [-0.4, -0.2) is 41.9 Å². The number of piperazine rings is 1. The SMILES string of the molecule is NC(CC(=O)N1CCN(c2ccccc2[N+](=O)[O-])CC1)c1ccccc1. The van der Waals surface area contributed by atoms with Crippen LogP contribution < -0.4 is 10.6 Å². The van der Waals surface area contributed by atoms with Gasteiger partial charge in [0.1, 0.15) is 5.69 Å². The van der Waals surface area contributed by atoms with Crippen LogP contribution >= 0.6 is 0 Å². The molecule has 0 saturated carbocycles. The lowest BCUT2D eigenvalue weighted by molar-refractivity contribution is -0.384. The van der Waals surface area contributed by atoms with Crippen LogP contribution in [0, 0.1) is 10.1 Å². The van der Waals surface area contributed by atoms with Crippen LogP contribution in [0.3, 0.4) is 0 Å². The standard InChI is InChI=1S/C19H22N4O3/c20-16(15-6-2-1-3-7-15)14-19(24)22-12-10-21(11-13-22)17-8-4-5-9-18(17)23(25)26/h1-9,16H,10-14,20H2. The van der Waals surface area contributed by atoms with Crippen molar-refractivity contribution in [3.63, 3.8) is 0 Å². The van der Waals surface area contributed by atoms with Gasteiger partial charge >= 0.3 is 0 Å². The van der Waals surface area contributed by atoms with Crippen molar-refractivity contribution in [2.24, 2.45) is 5.73 Å². The molecule has 0 bridgehead atoms. The number of para-hydroxylation sites is 2. The Hall–Kier alpha value is -2.93. The van der Waals surface area contributed by atoms with E-state index in [4.69, 9.17) is 5.73 Å². The second kappa shape index (κ2) is 7.97. The molecule has 26 heavy (non-hydrogen) atoms. The minimum absolute atomic E-state index is 0.0172. The Labute approximate surface area is 152 Å². The molecule has 1 heterocycles. The lowest BCUT2D eigenvalue weighted by Gasteiger charge is -2.36. The fraction of sp³-hybridized carbons (Fsp3) is 0.316. The number of amides is 1. The monoisotopic (exact) mass is 354 g/mol. The molecule has 3 rings (SSSR count). The normalized spacial score (nSPS) is 15.6. The first-order valence-electron chi connectivity index (χ1n) is 8.63. The van der Waals surface area contributed by atoms with E-state index in [0.29, 0.717) is 31.9 Å². The Morgan fingerprint density at radius 3 is 2.31 bits per heavy atom. The van der Waals surface area contributed by atoms with Crippen molar-refractivity contribution in [3.05, 3.63) is 70.3 Å². The Kier molecular flexibility index (Phi) is 5.48. The summed E-state index contributed by atoms with van der Waals surface area (Å²) >= 11 is 0. The third-order valence-electron chi connectivity index (χ3n) is 4.67. The summed E-state index contributed by atoms with van der Waals surface area (Å²) in [7, 11) is 0. The summed E-state index contributed by atoms with van der Waals surface area (Å²) in [6.45, 7) is 2.20. The van der Waals surface area contributed by atoms with Gasteiger partial charge in [0.25, 0.3) is 5.69 Å². The Bertz CT molecular complexity index is 773. The van der Waals surface area contributed by atoms with E-state index in [1.54, 1.807) is 23.1 Å². The Balaban J connectivity index is 1.58. The van der Waals surface area contributed by atoms with Crippen molar-refractivity contribution in [3.8, 4) is 0 Å². The maximum atomic E-state index is 12.5. The maximum absolute atomic E-state index is 12.5. The van der Waals surface area contributed by atoms with Crippen LogP contribution in [-0.2, 0) is 4.79 Å². The molecule has 1 fully saturated rings. The fourth-order valence-electron chi connectivity index (χ4n) is 3.22. The van der Waals surface area contributed by atoms with Crippen molar-refractivity contribution in [1.82, 2.24) is 4.90 Å². The van der Waals surface area contributed by atoms with Crippen molar-refractivity contribution < 1.29 is 9.72 Å². The van der Waals surface area contributed by atoms with Gasteiger partial charge in [-0.2, -0.15) is 0 Å². The van der Waals surface area contributed by atoms with Gasteiger partial charge in [-0.15, -0.1) is 0 Å². The maximum Gasteiger partial charge on any atom is 0.292 e. The van der Waals surface area contributed by atoms with Gasteiger partial charge < -0.3 is 15.5 Å². The molecule has 7 nitrogen and oxygen atoms in total. The highest BCUT2D eigenvalue weighted by molar-refractivity contribution is 5.77. The molecule has 2 aromatic carbocycles. The summed E-state index contributed by atoms with van der Waals surface area (Å²) in [5.74, 6) is 0.0172. The van der Waals surface area contributed by atoms with Crippen LogP contribution in [0.15, 0.2) is 54.6 Å². The number of nitro groups is 1. The number of hydrogen-bond donors (Lipinski definition) is 1. The van der Waals surface area contributed by atoms with Gasteiger partial charge in [-0.3, -0.25) is 14.9 Å². The van der Waals surface area contributed by atoms with E-state index in [2.05, 4.69) is 0 Å². The first-order chi connectivity index (χ1) is 12.6. The molecule has 0 aliphatic carbocycles. The van der Waals surface area contributed by atoms with Crippen molar-refractivity contribution >= 4 is 17.3 Å². The average molecular weight is 354 g/mol. The predicted molar refractivity (Wildman–Crippen MR) is 99.9 cm³/mol. The van der Waals surface area contributed by atoms with E-state index < -0.39 is 0 Å². The molecule has 1 atom stereocenters. The van der Waals surface area contributed by atoms with Crippen LogP contribution in [0.4, 0.5) is 11.4 Å². The minimum atomic E-state index is -0.369. The molecule has 1 aliphatic heterocycles. The second-order valence-electron chi connectivity index (χ2n) is 6.33. The Morgan fingerprint density at radius 1 is 1.04 bits per heavy atom. The number of hydrogen-bond acceptors (Lipinski definition) is 5. The zero-order valence-electron chi connectivity index (χ0n) is 14.5. The highest BCUT2D eigenvalue weighted by Gasteiger charge is 2.26. The molecular formula is C19H22N4O3. The zero-order chi connectivity index (χ0) is 18.5. The molecule has 0 spiro atoms. The molecule has 1 aliphatic rings. The van der Waals surface area contributed by atoms with E-state index in [0.717, 1.165) is 5.56 Å². The van der Waals surface area contributed by atoms with Gasteiger partial charge in [0.05, 0.1) is 4.92 Å². The zero-order valence-corrected chi connectivity index (χ0v) is 14.5. The molecular weight excluding hydrogens is 332 g/mol. The third-order valence-corrected chi connectivity index (χ3v) is 4.67. The summed E-state index contributed by atoms with van der Waals surface area (Å²) in [4.78, 5) is 27.1. The summed E-state index contributed by atoms with van der Waals surface area (Å²) in [6.07, 6.45) is 0.259. The van der Waals surface area contributed by atoms with Gasteiger partial charge in [0, 0.05) is 44.7 Å². The number of benzene rings is 2. The number of nitro benzene ring substituents is 1. The first kappa shape index (κ1) is 17.9. The summed E-state index contributed by atoms with van der Waals surface area (Å²) in [5, 5.41) is 11.2. The van der Waals surface area contributed by atoms with E-state index in [1.807, 2.05) is 35.2 Å². The van der Waals surface area contributed by atoms with E-state index in [-0.39, 0.29) is 29.0 Å². The second-order valence-corrected chi connectivity index (χ2v) is 6.33. The first-order valence-corrected chi connectivity index (χ1v) is 8.63. The molecule has 1 unspecified atom stereocenters. The topological polar surface area (TPSA) is 92.7 Å². The summed E-state index contributed by atoms with van der Waals surface area (Å²) < 4.78 is 0.